The van der Waals surface area contributed by atoms with Crippen molar-refractivity contribution in [3.8, 4) is 0 Å². The summed E-state index contributed by atoms with van der Waals surface area (Å²) in [6.45, 7) is 0.435. The number of rotatable bonds is 5. The van der Waals surface area contributed by atoms with E-state index in [1.807, 2.05) is 0 Å². The van der Waals surface area contributed by atoms with Gasteiger partial charge >= 0.3 is 29.9 Å². The van der Waals surface area contributed by atoms with E-state index in [0.717, 1.165) is 0 Å². The minimum Gasteiger partial charge on any atom is -0.393 e. The summed E-state index contributed by atoms with van der Waals surface area (Å²) >= 11 is 0. The van der Waals surface area contributed by atoms with E-state index in [1.165, 1.54) is 0 Å². The number of halogens is 11. The van der Waals surface area contributed by atoms with Gasteiger partial charge in [-0.15, -0.1) is 0 Å². The second kappa shape index (κ2) is 4.88. The van der Waals surface area contributed by atoms with Gasteiger partial charge in [-0.2, -0.15) is 48.3 Å². The Morgan fingerprint density at radius 2 is 1.05 bits per heavy atom. The van der Waals surface area contributed by atoms with Gasteiger partial charge in [0, 0.05) is 6.42 Å². The van der Waals surface area contributed by atoms with Crippen molar-refractivity contribution in [1.82, 2.24) is 0 Å². The summed E-state index contributed by atoms with van der Waals surface area (Å²) in [6, 6.07) is 0. The number of aliphatic hydroxyl groups excluding tert-OH is 1. The van der Waals surface area contributed by atoms with Crippen LogP contribution in [0.2, 0.25) is 0 Å². The van der Waals surface area contributed by atoms with E-state index in [1.54, 1.807) is 0 Å². The molecule has 0 saturated carbocycles. The minimum absolute atomic E-state index is 0.435. The molecule has 1 unspecified atom stereocenters. The Labute approximate surface area is 104 Å². The molecule has 0 bridgehead atoms. The molecule has 0 aliphatic rings. The van der Waals surface area contributed by atoms with Gasteiger partial charge in [-0.05, 0) is 6.92 Å². The summed E-state index contributed by atoms with van der Waals surface area (Å²) in [7, 11) is 0. The first kappa shape index (κ1) is 19.2. The fourth-order valence-corrected chi connectivity index (χ4v) is 1.10. The topological polar surface area (TPSA) is 20.2 Å². The lowest BCUT2D eigenvalue weighted by Gasteiger charge is -2.37. The number of hydrogen-bond acceptors (Lipinski definition) is 1. The predicted octanol–water partition coefficient (Wildman–Crippen LogP) is 3.86. The van der Waals surface area contributed by atoms with Crippen LogP contribution in [0.5, 0.6) is 0 Å². The maximum atomic E-state index is 12.8. The molecule has 0 spiro atoms. The van der Waals surface area contributed by atoms with Crippen LogP contribution in [0, 0.1) is 0 Å². The molecule has 12 heteroatoms. The van der Waals surface area contributed by atoms with Gasteiger partial charge in [0.25, 0.3) is 0 Å². The zero-order chi connectivity index (χ0) is 16.8. The Hall–Kier alpha value is -0.810. The van der Waals surface area contributed by atoms with Crippen molar-refractivity contribution in [2.45, 2.75) is 49.3 Å². The molecule has 0 fully saturated rings. The number of aliphatic hydroxyl groups is 1. The van der Waals surface area contributed by atoms with Gasteiger partial charge in [-0.3, -0.25) is 0 Å². The highest BCUT2D eigenvalue weighted by Gasteiger charge is 2.86. The normalized spacial score (nSPS) is 17.2. The van der Waals surface area contributed by atoms with Crippen LogP contribution in [0.15, 0.2) is 0 Å². The average Bonchev–Trinajstić information content (AvgIpc) is 2.12. The van der Waals surface area contributed by atoms with E-state index < -0.39 is 42.4 Å². The van der Waals surface area contributed by atoms with Crippen LogP contribution in [0.4, 0.5) is 48.3 Å². The molecular formula is C8H7F11O. The quantitative estimate of drug-likeness (QED) is 0.760. The summed E-state index contributed by atoms with van der Waals surface area (Å²) in [5, 5.41) is 8.41. The van der Waals surface area contributed by atoms with Crippen LogP contribution in [-0.4, -0.2) is 41.1 Å². The van der Waals surface area contributed by atoms with Gasteiger partial charge in [0.2, 0.25) is 0 Å². The molecule has 0 aromatic carbocycles. The van der Waals surface area contributed by atoms with Crippen molar-refractivity contribution in [3.63, 3.8) is 0 Å². The van der Waals surface area contributed by atoms with E-state index in [4.69, 9.17) is 5.11 Å². The van der Waals surface area contributed by atoms with Crippen LogP contribution in [0.3, 0.4) is 0 Å². The molecule has 0 saturated heterocycles. The largest absolute Gasteiger partial charge is 0.460 e. The number of hydrogen-bond donors (Lipinski definition) is 1. The molecule has 0 aromatic rings. The molecular weight excluding hydrogens is 321 g/mol. The second-order valence-corrected chi connectivity index (χ2v) is 3.98. The van der Waals surface area contributed by atoms with Crippen LogP contribution in [-0.2, 0) is 0 Å². The van der Waals surface area contributed by atoms with Crippen molar-refractivity contribution in [2.24, 2.45) is 0 Å². The molecule has 0 radical (unpaired) electrons. The minimum atomic E-state index is -7.41. The highest BCUT2D eigenvalue weighted by atomic mass is 19.4. The molecule has 1 N–H and O–H groups in total. The van der Waals surface area contributed by atoms with Gasteiger partial charge in [-0.1, -0.05) is 0 Å². The third-order valence-corrected chi connectivity index (χ3v) is 2.16. The zero-order valence-electron chi connectivity index (χ0n) is 9.39. The molecule has 1 nitrogen and oxygen atoms in total. The Balaban J connectivity index is 5.80. The Bertz CT molecular complexity index is 343. The Morgan fingerprint density at radius 3 is 1.30 bits per heavy atom. The van der Waals surface area contributed by atoms with Crippen LogP contribution in [0.25, 0.3) is 0 Å². The fourth-order valence-electron chi connectivity index (χ4n) is 1.10. The van der Waals surface area contributed by atoms with Crippen molar-refractivity contribution in [1.29, 1.82) is 0 Å². The van der Waals surface area contributed by atoms with Crippen LogP contribution < -0.4 is 0 Å². The third kappa shape index (κ3) is 2.79. The molecule has 20 heavy (non-hydrogen) atoms. The van der Waals surface area contributed by atoms with Gasteiger partial charge in [0.15, 0.2) is 0 Å². The van der Waals surface area contributed by atoms with Crippen molar-refractivity contribution in [3.05, 3.63) is 0 Å². The molecule has 0 heterocycles. The van der Waals surface area contributed by atoms with E-state index in [0.29, 0.717) is 6.92 Å². The second-order valence-electron chi connectivity index (χ2n) is 3.98. The van der Waals surface area contributed by atoms with Crippen LogP contribution >= 0.6 is 0 Å². The van der Waals surface area contributed by atoms with Gasteiger partial charge in [-0.25, -0.2) is 0 Å². The molecule has 0 amide bonds. The van der Waals surface area contributed by atoms with E-state index in [-0.39, 0.29) is 0 Å². The third-order valence-electron chi connectivity index (χ3n) is 2.16. The SMILES string of the molecule is CC(O)CC(F)(F)C(F)(F)C(F)(F)C(F)(F)C(F)(F)F. The summed E-state index contributed by atoms with van der Waals surface area (Å²) < 4.78 is 136. The lowest BCUT2D eigenvalue weighted by Crippen LogP contribution is -2.66. The van der Waals surface area contributed by atoms with Crippen molar-refractivity contribution < 1.29 is 53.4 Å². The average molecular weight is 328 g/mol. The summed E-state index contributed by atoms with van der Waals surface area (Å²) in [6.07, 6.45) is -11.9. The maximum absolute atomic E-state index is 12.8. The lowest BCUT2D eigenvalue weighted by molar-refractivity contribution is -0.423. The standard InChI is InChI=1S/C8H7F11O/c1-3(20)2-4(9,10)5(11,12)6(13,14)7(15,16)8(17,18)19/h3,20H,2H2,1H3. The number of alkyl halides is 11. The molecule has 0 aliphatic heterocycles. The zero-order valence-corrected chi connectivity index (χ0v) is 9.39. The van der Waals surface area contributed by atoms with Crippen molar-refractivity contribution >= 4 is 0 Å². The molecule has 0 rings (SSSR count). The highest BCUT2D eigenvalue weighted by molar-refractivity contribution is 5.06. The predicted molar refractivity (Wildman–Crippen MR) is 42.1 cm³/mol. The first-order chi connectivity index (χ1) is 8.42. The summed E-state index contributed by atoms with van der Waals surface area (Å²) in [4.78, 5) is 0. The maximum Gasteiger partial charge on any atom is 0.460 e. The lowest BCUT2D eigenvalue weighted by atomic mass is 9.95. The Morgan fingerprint density at radius 1 is 0.700 bits per heavy atom. The van der Waals surface area contributed by atoms with Crippen molar-refractivity contribution in [2.75, 3.05) is 0 Å². The first-order valence-electron chi connectivity index (χ1n) is 4.68. The molecule has 0 aromatic heterocycles. The fraction of sp³-hybridized carbons (Fsp3) is 1.00. The van der Waals surface area contributed by atoms with Gasteiger partial charge in [0.1, 0.15) is 0 Å². The summed E-state index contributed by atoms with van der Waals surface area (Å²) in [5.41, 5.74) is 0. The monoisotopic (exact) mass is 328 g/mol. The van der Waals surface area contributed by atoms with Gasteiger partial charge in [0.05, 0.1) is 6.10 Å². The van der Waals surface area contributed by atoms with Crippen LogP contribution in [0.1, 0.15) is 13.3 Å². The van der Waals surface area contributed by atoms with E-state index in [9.17, 15) is 48.3 Å². The molecule has 0 aliphatic carbocycles. The first-order valence-corrected chi connectivity index (χ1v) is 4.68. The molecule has 122 valence electrons. The van der Waals surface area contributed by atoms with Gasteiger partial charge < -0.3 is 5.11 Å². The summed E-state index contributed by atoms with van der Waals surface area (Å²) in [5.74, 6) is -27.8. The van der Waals surface area contributed by atoms with E-state index in [2.05, 4.69) is 0 Å². The Kier molecular flexibility index (Phi) is 4.68. The highest BCUT2D eigenvalue weighted by Crippen LogP contribution is 2.58. The molecule has 1 atom stereocenters. The smallest absolute Gasteiger partial charge is 0.393 e. The van der Waals surface area contributed by atoms with E-state index >= 15 is 0 Å².